The number of carboxylic acid groups (broad SMARTS) is 1. The van der Waals surface area contributed by atoms with Crippen molar-refractivity contribution in [2.24, 2.45) is 0 Å². The molecule has 0 saturated carbocycles. The molecule has 31 heavy (non-hydrogen) atoms. The van der Waals surface area contributed by atoms with Crippen LogP contribution in [0.3, 0.4) is 0 Å². The first-order chi connectivity index (χ1) is 15.0. The Morgan fingerprint density at radius 3 is 2.32 bits per heavy atom. The maximum absolute atomic E-state index is 12.5. The number of hydrogen-bond donors (Lipinski definition) is 2. The van der Waals surface area contributed by atoms with Gasteiger partial charge in [0.25, 0.3) is 0 Å². The van der Waals surface area contributed by atoms with E-state index in [2.05, 4.69) is 12.2 Å². The number of aliphatic carboxylic acids is 1. The van der Waals surface area contributed by atoms with Gasteiger partial charge in [-0.1, -0.05) is 75.9 Å². The number of anilines is 1. The maximum atomic E-state index is 12.5. The molecule has 0 saturated heterocycles. The van der Waals surface area contributed by atoms with Crippen LogP contribution in [0.1, 0.15) is 57.9 Å². The van der Waals surface area contributed by atoms with Crippen LogP contribution in [0, 0.1) is 0 Å². The smallest absolute Gasteiger partial charge is 0.331 e. The molecule has 0 atom stereocenters. The molecule has 0 spiro atoms. The normalized spacial score (nSPS) is 11.3. The van der Waals surface area contributed by atoms with E-state index in [0.717, 1.165) is 35.2 Å². The third kappa shape index (κ3) is 7.59. The van der Waals surface area contributed by atoms with Gasteiger partial charge in [-0.3, -0.25) is 4.90 Å². The highest BCUT2D eigenvalue weighted by Crippen LogP contribution is 2.25. The SMILES string of the molecule is CCCCCCCNC(=O)N(C)c1cccc(-c2ccc(C=C(CC)C(=O)O)cc2)c1. The first-order valence-electron chi connectivity index (χ1n) is 11.1. The Labute approximate surface area is 185 Å². The van der Waals surface area contributed by atoms with Gasteiger partial charge >= 0.3 is 12.0 Å². The van der Waals surface area contributed by atoms with Crippen molar-refractivity contribution in [3.05, 3.63) is 59.7 Å². The third-order valence-corrected chi connectivity index (χ3v) is 5.34. The van der Waals surface area contributed by atoms with E-state index in [4.69, 9.17) is 0 Å². The molecule has 0 aromatic heterocycles. The predicted octanol–water partition coefficient (Wildman–Crippen LogP) is 6.35. The fraction of sp³-hybridized carbons (Fsp3) is 0.385. The number of hydrogen-bond acceptors (Lipinski definition) is 2. The lowest BCUT2D eigenvalue weighted by atomic mass is 10.0. The molecule has 0 bridgehead atoms. The van der Waals surface area contributed by atoms with Gasteiger partial charge in [0.05, 0.1) is 0 Å². The number of nitrogens with one attached hydrogen (secondary N) is 1. The molecule has 5 heteroatoms. The Balaban J connectivity index is 2.02. The zero-order valence-electron chi connectivity index (χ0n) is 18.9. The summed E-state index contributed by atoms with van der Waals surface area (Å²) in [5, 5.41) is 12.2. The summed E-state index contributed by atoms with van der Waals surface area (Å²) in [4.78, 5) is 25.3. The van der Waals surface area contributed by atoms with Crippen molar-refractivity contribution >= 4 is 23.8 Å². The van der Waals surface area contributed by atoms with Crippen molar-refractivity contribution in [3.63, 3.8) is 0 Å². The largest absolute Gasteiger partial charge is 0.478 e. The van der Waals surface area contributed by atoms with E-state index < -0.39 is 5.97 Å². The minimum Gasteiger partial charge on any atom is -0.478 e. The molecule has 0 radical (unpaired) electrons. The van der Waals surface area contributed by atoms with Gasteiger partial charge in [0.15, 0.2) is 0 Å². The second-order valence-corrected chi connectivity index (χ2v) is 7.71. The van der Waals surface area contributed by atoms with Crippen molar-refractivity contribution < 1.29 is 14.7 Å². The standard InChI is InChI=1S/C26H34N2O3/c1-4-6-7-8-9-17-27-26(31)28(3)24-12-10-11-23(19-24)22-15-13-20(14-16-22)18-21(5-2)25(29)30/h10-16,18-19H,4-9,17H2,1-3H3,(H,27,31)(H,29,30). The lowest BCUT2D eigenvalue weighted by Crippen LogP contribution is -2.37. The Bertz CT molecular complexity index is 888. The zero-order chi connectivity index (χ0) is 22.6. The lowest BCUT2D eigenvalue weighted by Gasteiger charge is -2.19. The second kappa shape index (κ2) is 12.6. The second-order valence-electron chi connectivity index (χ2n) is 7.71. The van der Waals surface area contributed by atoms with Crippen molar-refractivity contribution in [1.29, 1.82) is 0 Å². The van der Waals surface area contributed by atoms with Crippen LogP contribution in [-0.4, -0.2) is 30.7 Å². The molecule has 0 aliphatic rings. The van der Waals surface area contributed by atoms with Gasteiger partial charge in [0, 0.05) is 24.9 Å². The first-order valence-corrected chi connectivity index (χ1v) is 11.1. The summed E-state index contributed by atoms with van der Waals surface area (Å²) in [6, 6.07) is 15.5. The molecule has 2 rings (SSSR count). The first kappa shape index (κ1) is 24.2. The topological polar surface area (TPSA) is 69.6 Å². The van der Waals surface area contributed by atoms with E-state index in [0.29, 0.717) is 18.5 Å². The van der Waals surface area contributed by atoms with Crippen LogP contribution in [0.4, 0.5) is 10.5 Å². The van der Waals surface area contributed by atoms with Crippen molar-refractivity contribution in [3.8, 4) is 11.1 Å². The molecule has 5 nitrogen and oxygen atoms in total. The highest BCUT2D eigenvalue weighted by Gasteiger charge is 2.11. The average Bonchev–Trinajstić information content (AvgIpc) is 2.79. The molecule has 0 fully saturated rings. The Morgan fingerprint density at radius 2 is 1.68 bits per heavy atom. The third-order valence-electron chi connectivity index (χ3n) is 5.34. The summed E-state index contributed by atoms with van der Waals surface area (Å²) in [6.45, 7) is 4.72. The van der Waals surface area contributed by atoms with Gasteiger partial charge in [0.1, 0.15) is 0 Å². The van der Waals surface area contributed by atoms with Gasteiger partial charge in [0.2, 0.25) is 0 Å². The molecule has 0 unspecified atom stereocenters. The Kier molecular flexibility index (Phi) is 9.82. The number of urea groups is 1. The number of benzene rings is 2. The summed E-state index contributed by atoms with van der Waals surface area (Å²) in [7, 11) is 1.78. The number of nitrogens with zero attached hydrogens (tertiary/aromatic N) is 1. The Hall–Kier alpha value is -3.08. The molecule has 2 aromatic carbocycles. The summed E-state index contributed by atoms with van der Waals surface area (Å²) in [5.41, 5.74) is 4.07. The predicted molar refractivity (Wildman–Crippen MR) is 128 cm³/mol. The van der Waals surface area contributed by atoms with Crippen LogP contribution in [0.15, 0.2) is 54.1 Å². The summed E-state index contributed by atoms with van der Waals surface area (Å²) >= 11 is 0. The monoisotopic (exact) mass is 422 g/mol. The molecule has 0 heterocycles. The van der Waals surface area contributed by atoms with E-state index >= 15 is 0 Å². The highest BCUT2D eigenvalue weighted by atomic mass is 16.4. The quantitative estimate of drug-likeness (QED) is 0.327. The fourth-order valence-corrected chi connectivity index (χ4v) is 3.34. The van der Waals surface area contributed by atoms with E-state index in [9.17, 15) is 14.7 Å². The minimum atomic E-state index is -0.887. The minimum absolute atomic E-state index is 0.103. The van der Waals surface area contributed by atoms with Crippen molar-refractivity contribution in [2.75, 3.05) is 18.5 Å². The van der Waals surface area contributed by atoms with Crippen molar-refractivity contribution in [2.45, 2.75) is 52.4 Å². The van der Waals surface area contributed by atoms with Crippen LogP contribution in [0.25, 0.3) is 17.2 Å². The van der Waals surface area contributed by atoms with E-state index in [1.54, 1.807) is 18.0 Å². The molecule has 2 amide bonds. The zero-order valence-corrected chi connectivity index (χ0v) is 18.9. The van der Waals surface area contributed by atoms with Gasteiger partial charge in [-0.15, -0.1) is 0 Å². The molecular formula is C26H34N2O3. The average molecular weight is 423 g/mol. The molecular weight excluding hydrogens is 388 g/mol. The number of unbranched alkanes of at least 4 members (excludes halogenated alkanes) is 4. The molecule has 166 valence electrons. The van der Waals surface area contributed by atoms with E-state index in [1.807, 2.05) is 55.5 Å². The van der Waals surface area contributed by atoms with Crippen LogP contribution in [0.5, 0.6) is 0 Å². The number of rotatable bonds is 11. The van der Waals surface area contributed by atoms with E-state index in [1.165, 1.54) is 19.3 Å². The fourth-order valence-electron chi connectivity index (χ4n) is 3.34. The molecule has 2 N–H and O–H groups in total. The maximum Gasteiger partial charge on any atom is 0.331 e. The number of carboxylic acids is 1. The molecule has 2 aromatic rings. The number of amides is 2. The lowest BCUT2D eigenvalue weighted by molar-refractivity contribution is -0.132. The summed E-state index contributed by atoms with van der Waals surface area (Å²) < 4.78 is 0. The van der Waals surface area contributed by atoms with Crippen LogP contribution in [0.2, 0.25) is 0 Å². The van der Waals surface area contributed by atoms with Gasteiger partial charge in [-0.25, -0.2) is 9.59 Å². The number of carbonyl (C=O) groups is 2. The summed E-state index contributed by atoms with van der Waals surface area (Å²) in [6.07, 6.45) is 8.00. The molecule has 0 aliphatic carbocycles. The van der Waals surface area contributed by atoms with Crippen LogP contribution < -0.4 is 10.2 Å². The number of carbonyl (C=O) groups excluding carboxylic acids is 1. The van der Waals surface area contributed by atoms with Gasteiger partial charge < -0.3 is 10.4 Å². The Morgan fingerprint density at radius 1 is 0.968 bits per heavy atom. The van der Waals surface area contributed by atoms with Crippen LogP contribution >= 0.6 is 0 Å². The van der Waals surface area contributed by atoms with Crippen LogP contribution in [-0.2, 0) is 4.79 Å². The van der Waals surface area contributed by atoms with Crippen molar-refractivity contribution in [1.82, 2.24) is 5.32 Å². The van der Waals surface area contributed by atoms with E-state index in [-0.39, 0.29) is 6.03 Å². The van der Waals surface area contributed by atoms with Gasteiger partial charge in [-0.2, -0.15) is 0 Å². The van der Waals surface area contributed by atoms with Gasteiger partial charge in [-0.05, 0) is 47.7 Å². The molecule has 0 aliphatic heterocycles. The summed E-state index contributed by atoms with van der Waals surface area (Å²) in [5.74, 6) is -0.887. The highest BCUT2D eigenvalue weighted by molar-refractivity contribution is 5.93.